The van der Waals surface area contributed by atoms with Crippen LogP contribution in [0.15, 0.2) is 0 Å². The first-order valence-electron chi connectivity index (χ1n) is 4.92. The highest BCUT2D eigenvalue weighted by Crippen LogP contribution is 2.28. The molecule has 1 rings (SSSR count). The van der Waals surface area contributed by atoms with E-state index in [1.165, 1.54) is 25.9 Å². The second-order valence-electron chi connectivity index (χ2n) is 4.66. The first-order valence-corrected chi connectivity index (χ1v) is 4.92. The average Bonchev–Trinajstić information content (AvgIpc) is 1.98. The predicted molar refractivity (Wildman–Crippen MR) is 53.4 cm³/mol. The SMILES string of the molecule is CNCC1CCC(C)(C)N(C)C1. The van der Waals surface area contributed by atoms with Gasteiger partial charge in [-0.15, -0.1) is 0 Å². The van der Waals surface area contributed by atoms with Crippen molar-refractivity contribution in [2.45, 2.75) is 32.2 Å². The quantitative estimate of drug-likeness (QED) is 0.672. The first-order chi connectivity index (χ1) is 5.56. The maximum Gasteiger partial charge on any atom is 0.0150 e. The Labute approximate surface area is 76.3 Å². The molecule has 2 nitrogen and oxygen atoms in total. The molecule has 0 aliphatic carbocycles. The van der Waals surface area contributed by atoms with Crippen LogP contribution >= 0.6 is 0 Å². The van der Waals surface area contributed by atoms with Gasteiger partial charge in [0.15, 0.2) is 0 Å². The van der Waals surface area contributed by atoms with Crippen LogP contribution in [0.5, 0.6) is 0 Å². The summed E-state index contributed by atoms with van der Waals surface area (Å²) in [6, 6.07) is 0. The maximum absolute atomic E-state index is 3.26. The van der Waals surface area contributed by atoms with E-state index in [0.717, 1.165) is 5.92 Å². The number of nitrogens with one attached hydrogen (secondary N) is 1. The highest BCUT2D eigenvalue weighted by Gasteiger charge is 2.30. The second-order valence-corrected chi connectivity index (χ2v) is 4.66. The van der Waals surface area contributed by atoms with Crippen LogP contribution in [0.25, 0.3) is 0 Å². The summed E-state index contributed by atoms with van der Waals surface area (Å²) in [5.41, 5.74) is 0.421. The van der Waals surface area contributed by atoms with Gasteiger partial charge in [-0.3, -0.25) is 0 Å². The molecular weight excluding hydrogens is 148 g/mol. The third kappa shape index (κ3) is 2.20. The molecule has 0 spiro atoms. The Balaban J connectivity index is 2.41. The van der Waals surface area contributed by atoms with Gasteiger partial charge in [-0.25, -0.2) is 0 Å². The van der Waals surface area contributed by atoms with Crippen molar-refractivity contribution in [2.75, 3.05) is 27.2 Å². The third-order valence-electron chi connectivity index (χ3n) is 3.22. The molecule has 0 saturated carbocycles. The van der Waals surface area contributed by atoms with E-state index in [1.54, 1.807) is 0 Å². The second kappa shape index (κ2) is 3.75. The lowest BCUT2D eigenvalue weighted by molar-refractivity contribution is 0.0721. The van der Waals surface area contributed by atoms with Crippen molar-refractivity contribution in [3.63, 3.8) is 0 Å². The van der Waals surface area contributed by atoms with Crippen LogP contribution in [0.1, 0.15) is 26.7 Å². The minimum atomic E-state index is 0.421. The molecule has 0 radical (unpaired) electrons. The first kappa shape index (κ1) is 10.0. The zero-order chi connectivity index (χ0) is 9.19. The van der Waals surface area contributed by atoms with Gasteiger partial charge in [0, 0.05) is 12.1 Å². The Hall–Kier alpha value is -0.0800. The Bertz CT molecular complexity index is 143. The molecule has 0 aromatic rings. The molecule has 1 heterocycles. The van der Waals surface area contributed by atoms with Crippen LogP contribution in [-0.4, -0.2) is 37.6 Å². The van der Waals surface area contributed by atoms with Gasteiger partial charge in [0.25, 0.3) is 0 Å². The van der Waals surface area contributed by atoms with Gasteiger partial charge >= 0.3 is 0 Å². The topological polar surface area (TPSA) is 15.3 Å². The molecular formula is C10H22N2. The van der Waals surface area contributed by atoms with E-state index in [9.17, 15) is 0 Å². The van der Waals surface area contributed by atoms with Crippen molar-refractivity contribution < 1.29 is 0 Å². The summed E-state index contributed by atoms with van der Waals surface area (Å²) in [6.07, 6.45) is 2.70. The van der Waals surface area contributed by atoms with Crippen molar-refractivity contribution in [3.8, 4) is 0 Å². The van der Waals surface area contributed by atoms with Gasteiger partial charge in [-0.05, 0) is 53.2 Å². The summed E-state index contributed by atoms with van der Waals surface area (Å²) in [6.45, 7) is 7.08. The van der Waals surface area contributed by atoms with Gasteiger partial charge in [0.1, 0.15) is 0 Å². The number of piperidine rings is 1. The molecule has 0 aromatic heterocycles. The molecule has 2 heteroatoms. The highest BCUT2D eigenvalue weighted by atomic mass is 15.2. The number of likely N-dealkylation sites (tertiary alicyclic amines) is 1. The number of hydrogen-bond donors (Lipinski definition) is 1. The third-order valence-corrected chi connectivity index (χ3v) is 3.22. The van der Waals surface area contributed by atoms with Gasteiger partial charge < -0.3 is 10.2 Å². The minimum Gasteiger partial charge on any atom is -0.319 e. The number of hydrogen-bond acceptors (Lipinski definition) is 2. The lowest BCUT2D eigenvalue weighted by atomic mass is 9.85. The molecule has 1 saturated heterocycles. The molecule has 1 unspecified atom stereocenters. The molecule has 0 aromatic carbocycles. The minimum absolute atomic E-state index is 0.421. The van der Waals surface area contributed by atoms with E-state index < -0.39 is 0 Å². The summed E-state index contributed by atoms with van der Waals surface area (Å²) in [7, 11) is 4.28. The molecule has 12 heavy (non-hydrogen) atoms. The summed E-state index contributed by atoms with van der Waals surface area (Å²) < 4.78 is 0. The molecule has 1 aliphatic heterocycles. The largest absolute Gasteiger partial charge is 0.319 e. The fourth-order valence-electron chi connectivity index (χ4n) is 1.93. The Morgan fingerprint density at radius 1 is 1.50 bits per heavy atom. The summed E-state index contributed by atoms with van der Waals surface area (Å²) in [5.74, 6) is 0.855. The number of rotatable bonds is 2. The van der Waals surface area contributed by atoms with E-state index in [4.69, 9.17) is 0 Å². The van der Waals surface area contributed by atoms with Crippen LogP contribution in [0.4, 0.5) is 0 Å². The van der Waals surface area contributed by atoms with Crippen molar-refractivity contribution >= 4 is 0 Å². The fourth-order valence-corrected chi connectivity index (χ4v) is 1.93. The highest BCUT2D eigenvalue weighted by molar-refractivity contribution is 4.87. The Kier molecular flexibility index (Phi) is 3.13. The lowest BCUT2D eigenvalue weighted by Crippen LogP contribution is -2.49. The summed E-state index contributed by atoms with van der Waals surface area (Å²) in [4.78, 5) is 2.48. The van der Waals surface area contributed by atoms with Crippen molar-refractivity contribution in [1.82, 2.24) is 10.2 Å². The van der Waals surface area contributed by atoms with Gasteiger partial charge in [-0.2, -0.15) is 0 Å². The molecule has 1 aliphatic rings. The predicted octanol–water partition coefficient (Wildman–Crippen LogP) is 1.33. The normalized spacial score (nSPS) is 30.5. The monoisotopic (exact) mass is 170 g/mol. The molecule has 1 atom stereocenters. The van der Waals surface area contributed by atoms with Crippen LogP contribution in [0.3, 0.4) is 0 Å². The smallest absolute Gasteiger partial charge is 0.0150 e. The lowest BCUT2D eigenvalue weighted by Gasteiger charge is -2.43. The van der Waals surface area contributed by atoms with E-state index in [2.05, 4.69) is 31.1 Å². The van der Waals surface area contributed by atoms with Gasteiger partial charge in [0.2, 0.25) is 0 Å². The van der Waals surface area contributed by atoms with Crippen molar-refractivity contribution in [2.24, 2.45) is 5.92 Å². The van der Waals surface area contributed by atoms with Crippen molar-refractivity contribution in [3.05, 3.63) is 0 Å². The molecule has 1 N–H and O–H groups in total. The number of nitrogens with zero attached hydrogens (tertiary/aromatic N) is 1. The Morgan fingerprint density at radius 3 is 2.67 bits per heavy atom. The van der Waals surface area contributed by atoms with Gasteiger partial charge in [0.05, 0.1) is 0 Å². The zero-order valence-corrected chi connectivity index (χ0v) is 8.85. The zero-order valence-electron chi connectivity index (χ0n) is 8.85. The standard InChI is InChI=1S/C10H22N2/c1-10(2)6-5-9(7-11-3)8-12(10)4/h9,11H,5-8H2,1-4H3. The average molecular weight is 170 g/mol. The molecule has 0 bridgehead atoms. The van der Waals surface area contributed by atoms with Crippen molar-refractivity contribution in [1.29, 1.82) is 0 Å². The van der Waals surface area contributed by atoms with Crippen LogP contribution in [-0.2, 0) is 0 Å². The van der Waals surface area contributed by atoms with E-state index in [0.29, 0.717) is 5.54 Å². The van der Waals surface area contributed by atoms with E-state index >= 15 is 0 Å². The molecule has 0 amide bonds. The molecule has 72 valence electrons. The summed E-state index contributed by atoms with van der Waals surface area (Å²) in [5, 5.41) is 3.26. The van der Waals surface area contributed by atoms with Gasteiger partial charge in [-0.1, -0.05) is 0 Å². The summed E-state index contributed by atoms with van der Waals surface area (Å²) >= 11 is 0. The Morgan fingerprint density at radius 2 is 2.17 bits per heavy atom. The maximum atomic E-state index is 3.26. The molecule has 1 fully saturated rings. The van der Waals surface area contributed by atoms with E-state index in [1.807, 2.05) is 7.05 Å². The van der Waals surface area contributed by atoms with E-state index in [-0.39, 0.29) is 0 Å². The van der Waals surface area contributed by atoms with Crippen LogP contribution in [0, 0.1) is 5.92 Å². The van der Waals surface area contributed by atoms with Crippen LogP contribution in [0.2, 0.25) is 0 Å². The van der Waals surface area contributed by atoms with Crippen LogP contribution < -0.4 is 5.32 Å². The fraction of sp³-hybridized carbons (Fsp3) is 1.00.